The summed E-state index contributed by atoms with van der Waals surface area (Å²) < 4.78 is 24.3. The highest BCUT2D eigenvalue weighted by Crippen LogP contribution is 2.17. The number of benzene rings is 1. The molecule has 126 valence electrons. The molecule has 0 amide bonds. The highest BCUT2D eigenvalue weighted by Gasteiger charge is 2.10. The molecule has 0 N–H and O–H groups in total. The van der Waals surface area contributed by atoms with Crippen molar-refractivity contribution >= 4 is 28.0 Å². The number of hydrogen-bond acceptors (Lipinski definition) is 6. The number of nitrogens with zero attached hydrogens (tertiary/aromatic N) is 3. The highest BCUT2D eigenvalue weighted by atomic mass is 79.9. The first-order valence-electron chi connectivity index (χ1n) is 7.15. The minimum absolute atomic E-state index is 0.147. The molecule has 0 unspecified atom stereocenters. The Balaban J connectivity index is 1.58. The number of halogens is 2. The summed E-state index contributed by atoms with van der Waals surface area (Å²) in [5, 5.41) is 3.79. The summed E-state index contributed by atoms with van der Waals surface area (Å²) in [5.74, 6) is -0.592. The number of ether oxygens (including phenoxy) is 1. The summed E-state index contributed by atoms with van der Waals surface area (Å²) in [5.41, 5.74) is 0.955. The van der Waals surface area contributed by atoms with Gasteiger partial charge in [-0.15, -0.1) is 0 Å². The minimum Gasteiger partial charge on any atom is -0.452 e. The zero-order valence-corrected chi connectivity index (χ0v) is 14.3. The Morgan fingerprint density at radius 2 is 2.24 bits per heavy atom. The molecule has 3 rings (SSSR count). The first-order valence-corrected chi connectivity index (χ1v) is 7.94. The van der Waals surface area contributed by atoms with Crippen molar-refractivity contribution in [2.24, 2.45) is 0 Å². The SMILES string of the molecule is O=C(/C=C/c1cc(Br)ccc1F)OCc1nc(-c2cccnc2)no1. The number of carbonyl (C=O) groups excluding carboxylic acids is 1. The molecular weight excluding hydrogens is 393 g/mol. The van der Waals surface area contributed by atoms with E-state index in [2.05, 4.69) is 31.1 Å². The van der Waals surface area contributed by atoms with Crippen molar-refractivity contribution in [3.63, 3.8) is 0 Å². The first-order chi connectivity index (χ1) is 12.1. The van der Waals surface area contributed by atoms with Crippen molar-refractivity contribution < 1.29 is 18.4 Å². The van der Waals surface area contributed by atoms with E-state index >= 15 is 0 Å². The standard InChI is InChI=1S/C17H11BrFN3O3/c18-13-4-5-14(19)11(8-13)3-6-16(23)24-10-15-21-17(22-25-15)12-2-1-7-20-9-12/h1-9H,10H2/b6-3+. The van der Waals surface area contributed by atoms with Gasteiger partial charge in [-0.2, -0.15) is 4.98 Å². The minimum atomic E-state index is -0.652. The van der Waals surface area contributed by atoms with Crippen LogP contribution in [-0.2, 0) is 16.1 Å². The van der Waals surface area contributed by atoms with Gasteiger partial charge in [0, 0.05) is 34.1 Å². The van der Waals surface area contributed by atoms with Crippen molar-refractivity contribution in [1.29, 1.82) is 0 Å². The van der Waals surface area contributed by atoms with Crippen molar-refractivity contribution in [1.82, 2.24) is 15.1 Å². The Hall–Kier alpha value is -2.87. The number of pyridine rings is 1. The van der Waals surface area contributed by atoms with Crippen LogP contribution in [-0.4, -0.2) is 21.1 Å². The maximum Gasteiger partial charge on any atom is 0.331 e. The van der Waals surface area contributed by atoms with Gasteiger partial charge >= 0.3 is 5.97 Å². The quantitative estimate of drug-likeness (QED) is 0.476. The summed E-state index contributed by atoms with van der Waals surface area (Å²) in [6.07, 6.45) is 5.68. The Bertz CT molecular complexity index is 913. The van der Waals surface area contributed by atoms with E-state index in [0.29, 0.717) is 15.9 Å². The molecule has 0 fully saturated rings. The summed E-state index contributed by atoms with van der Waals surface area (Å²) in [7, 11) is 0. The monoisotopic (exact) mass is 403 g/mol. The van der Waals surface area contributed by atoms with Crippen LogP contribution < -0.4 is 0 Å². The van der Waals surface area contributed by atoms with Crippen molar-refractivity contribution in [3.8, 4) is 11.4 Å². The lowest BCUT2D eigenvalue weighted by Gasteiger charge is -1.99. The van der Waals surface area contributed by atoms with Crippen LogP contribution in [0.4, 0.5) is 4.39 Å². The van der Waals surface area contributed by atoms with E-state index in [9.17, 15) is 9.18 Å². The average Bonchev–Trinajstić information content (AvgIpc) is 3.10. The molecule has 2 aromatic heterocycles. The molecule has 0 radical (unpaired) electrons. The number of carbonyl (C=O) groups is 1. The third-order valence-electron chi connectivity index (χ3n) is 3.08. The van der Waals surface area contributed by atoms with Crippen LogP contribution in [0.25, 0.3) is 17.5 Å². The second-order valence-corrected chi connectivity index (χ2v) is 5.78. The molecular formula is C17H11BrFN3O3. The normalized spacial score (nSPS) is 11.0. The lowest BCUT2D eigenvalue weighted by molar-refractivity contribution is -0.139. The molecule has 3 aromatic rings. The summed E-state index contributed by atoms with van der Waals surface area (Å²) in [4.78, 5) is 19.8. The van der Waals surface area contributed by atoms with Gasteiger partial charge in [0.25, 0.3) is 5.89 Å². The molecule has 0 saturated heterocycles. The van der Waals surface area contributed by atoms with Gasteiger partial charge in [0.1, 0.15) is 5.82 Å². The van der Waals surface area contributed by atoms with E-state index in [1.54, 1.807) is 36.7 Å². The Labute approximate surface area is 150 Å². The van der Waals surface area contributed by atoms with Crippen LogP contribution in [0.5, 0.6) is 0 Å². The third kappa shape index (κ3) is 4.57. The molecule has 0 bridgehead atoms. The molecule has 0 spiro atoms. The zero-order chi connectivity index (χ0) is 17.6. The second-order valence-electron chi connectivity index (χ2n) is 4.86. The summed E-state index contributed by atoms with van der Waals surface area (Å²) in [6, 6.07) is 7.95. The van der Waals surface area contributed by atoms with E-state index in [1.807, 2.05) is 0 Å². The predicted molar refractivity (Wildman–Crippen MR) is 90.5 cm³/mol. The van der Waals surface area contributed by atoms with Crippen molar-refractivity contribution in [2.75, 3.05) is 0 Å². The third-order valence-corrected chi connectivity index (χ3v) is 3.58. The van der Waals surface area contributed by atoms with E-state index in [4.69, 9.17) is 9.26 Å². The maximum atomic E-state index is 13.6. The smallest absolute Gasteiger partial charge is 0.331 e. The molecule has 0 atom stereocenters. The van der Waals surface area contributed by atoms with Crippen molar-refractivity contribution in [2.45, 2.75) is 6.61 Å². The van der Waals surface area contributed by atoms with Crippen molar-refractivity contribution in [3.05, 3.63) is 70.5 Å². The molecule has 0 saturated carbocycles. The van der Waals surface area contributed by atoms with Crippen LogP contribution >= 0.6 is 15.9 Å². The molecule has 1 aromatic carbocycles. The number of esters is 1. The van der Waals surface area contributed by atoms with Gasteiger partial charge in [0.15, 0.2) is 6.61 Å². The molecule has 6 nitrogen and oxygen atoms in total. The lowest BCUT2D eigenvalue weighted by Crippen LogP contribution is -2.01. The molecule has 2 heterocycles. The van der Waals surface area contributed by atoms with E-state index in [-0.39, 0.29) is 18.1 Å². The zero-order valence-electron chi connectivity index (χ0n) is 12.7. The summed E-state index contributed by atoms with van der Waals surface area (Å²) in [6.45, 7) is -0.183. The van der Waals surface area contributed by atoms with E-state index < -0.39 is 11.8 Å². The van der Waals surface area contributed by atoms with E-state index in [1.165, 1.54) is 12.1 Å². The van der Waals surface area contributed by atoms with Crippen LogP contribution in [0.1, 0.15) is 11.5 Å². The molecule has 0 aliphatic heterocycles. The Morgan fingerprint density at radius 1 is 1.36 bits per heavy atom. The fourth-order valence-electron chi connectivity index (χ4n) is 1.91. The van der Waals surface area contributed by atoms with Gasteiger partial charge in [-0.25, -0.2) is 9.18 Å². The van der Waals surface area contributed by atoms with Gasteiger partial charge in [-0.3, -0.25) is 4.98 Å². The summed E-state index contributed by atoms with van der Waals surface area (Å²) >= 11 is 3.24. The Morgan fingerprint density at radius 3 is 3.04 bits per heavy atom. The van der Waals surface area contributed by atoms with Gasteiger partial charge < -0.3 is 9.26 Å². The number of aromatic nitrogens is 3. The van der Waals surface area contributed by atoms with Gasteiger partial charge in [-0.05, 0) is 36.4 Å². The average molecular weight is 404 g/mol. The van der Waals surface area contributed by atoms with Crippen LogP contribution in [0.2, 0.25) is 0 Å². The second kappa shape index (κ2) is 7.80. The lowest BCUT2D eigenvalue weighted by atomic mass is 10.2. The van der Waals surface area contributed by atoms with Gasteiger partial charge in [0.2, 0.25) is 5.82 Å². The van der Waals surface area contributed by atoms with Gasteiger partial charge in [0.05, 0.1) is 0 Å². The Kier molecular flexibility index (Phi) is 5.30. The topological polar surface area (TPSA) is 78.1 Å². The number of hydrogen-bond donors (Lipinski definition) is 0. The van der Waals surface area contributed by atoms with Crippen LogP contribution in [0.15, 0.2) is 57.8 Å². The first kappa shape index (κ1) is 17.0. The fourth-order valence-corrected chi connectivity index (χ4v) is 2.29. The molecule has 8 heteroatoms. The fraction of sp³-hybridized carbons (Fsp3) is 0.0588. The highest BCUT2D eigenvalue weighted by molar-refractivity contribution is 9.10. The largest absolute Gasteiger partial charge is 0.452 e. The molecule has 0 aliphatic carbocycles. The molecule has 0 aliphatic rings. The predicted octanol–water partition coefficient (Wildman–Crippen LogP) is 3.79. The van der Waals surface area contributed by atoms with Crippen LogP contribution in [0, 0.1) is 5.82 Å². The van der Waals surface area contributed by atoms with Gasteiger partial charge in [-0.1, -0.05) is 21.1 Å². The van der Waals surface area contributed by atoms with Crippen LogP contribution in [0.3, 0.4) is 0 Å². The number of rotatable bonds is 5. The van der Waals surface area contributed by atoms with E-state index in [0.717, 1.165) is 6.08 Å². The maximum absolute atomic E-state index is 13.6. The molecule has 25 heavy (non-hydrogen) atoms.